The van der Waals surface area contributed by atoms with Crippen LogP contribution < -0.4 is 0 Å². The highest BCUT2D eigenvalue weighted by Gasteiger charge is 2.33. The van der Waals surface area contributed by atoms with E-state index in [-0.39, 0.29) is 5.56 Å². The molecule has 0 saturated heterocycles. The molecule has 1 unspecified atom stereocenters. The minimum atomic E-state index is -4.91. The lowest BCUT2D eigenvalue weighted by atomic mass is 9.96. The largest absolute Gasteiger partial charge is 0.294 e. The second-order valence-electron chi connectivity index (χ2n) is 4.36. The molecule has 0 spiro atoms. The van der Waals surface area contributed by atoms with Gasteiger partial charge < -0.3 is 0 Å². The SMILES string of the molecule is O=S(=O)(O)c1cc2c(c(S(=O)(=O)O)c1)[CH]C=CC2S(=O)(=O)O. The molecule has 1 aromatic rings. The zero-order valence-corrected chi connectivity index (χ0v) is 12.9. The average molecular weight is 369 g/mol. The molecule has 1 aliphatic rings. The van der Waals surface area contributed by atoms with Crippen LogP contribution >= 0.6 is 0 Å². The molecule has 0 heterocycles. The Morgan fingerprint density at radius 2 is 1.45 bits per heavy atom. The summed E-state index contributed by atoms with van der Waals surface area (Å²) in [4.78, 5) is -1.84. The number of hydrogen-bond acceptors (Lipinski definition) is 6. The minimum absolute atomic E-state index is 0.306. The Hall–Kier alpha value is -1.31. The second kappa shape index (κ2) is 5.11. The van der Waals surface area contributed by atoms with Crippen LogP contribution in [0.3, 0.4) is 0 Å². The summed E-state index contributed by atoms with van der Waals surface area (Å²) in [6.45, 7) is 0. The lowest BCUT2D eigenvalue weighted by molar-refractivity contribution is 0.471. The predicted octanol–water partition coefficient (Wildman–Crippen LogP) is 0.231. The van der Waals surface area contributed by atoms with Crippen molar-refractivity contribution in [3.63, 3.8) is 0 Å². The highest BCUT2D eigenvalue weighted by Crippen LogP contribution is 2.37. The van der Waals surface area contributed by atoms with Crippen LogP contribution in [0, 0.1) is 6.42 Å². The van der Waals surface area contributed by atoms with Crippen LogP contribution in [-0.2, 0) is 30.4 Å². The summed E-state index contributed by atoms with van der Waals surface area (Å²) in [6, 6.07) is 1.19. The summed E-state index contributed by atoms with van der Waals surface area (Å²) in [5, 5.41) is -1.74. The van der Waals surface area contributed by atoms with Gasteiger partial charge in [-0.15, -0.1) is 0 Å². The van der Waals surface area contributed by atoms with E-state index in [9.17, 15) is 25.3 Å². The molecule has 121 valence electrons. The van der Waals surface area contributed by atoms with Crippen LogP contribution in [0.1, 0.15) is 16.4 Å². The molecule has 0 aromatic heterocycles. The summed E-state index contributed by atoms with van der Waals surface area (Å²) in [5.74, 6) is 0. The van der Waals surface area contributed by atoms with Gasteiger partial charge in [0.15, 0.2) is 0 Å². The van der Waals surface area contributed by atoms with Crippen molar-refractivity contribution in [3.05, 3.63) is 41.8 Å². The topological polar surface area (TPSA) is 163 Å². The average Bonchev–Trinajstić information content (AvgIpc) is 2.33. The molecule has 22 heavy (non-hydrogen) atoms. The summed E-state index contributed by atoms with van der Waals surface area (Å²) in [5.41, 5.74) is -0.715. The van der Waals surface area contributed by atoms with Crippen molar-refractivity contribution in [2.45, 2.75) is 15.0 Å². The Balaban J connectivity index is 2.94. The number of allylic oxidation sites excluding steroid dienone is 1. The van der Waals surface area contributed by atoms with E-state index >= 15 is 0 Å². The van der Waals surface area contributed by atoms with Gasteiger partial charge in [0.1, 0.15) is 5.25 Å². The zero-order chi connectivity index (χ0) is 16.9. The summed E-state index contributed by atoms with van der Waals surface area (Å²) >= 11 is 0. The summed E-state index contributed by atoms with van der Waals surface area (Å²) in [7, 11) is -14.5. The van der Waals surface area contributed by atoms with E-state index in [1.54, 1.807) is 0 Å². The van der Waals surface area contributed by atoms with Crippen LogP contribution in [0.25, 0.3) is 0 Å². The molecule has 9 nitrogen and oxygen atoms in total. The lowest BCUT2D eigenvalue weighted by Gasteiger charge is -2.21. The fourth-order valence-corrected chi connectivity index (χ4v) is 4.18. The van der Waals surface area contributed by atoms with Gasteiger partial charge in [-0.25, -0.2) is 0 Å². The van der Waals surface area contributed by atoms with E-state index in [1.165, 1.54) is 0 Å². The molecule has 12 heteroatoms. The number of hydrogen-bond donors (Lipinski definition) is 3. The Morgan fingerprint density at radius 3 is 1.91 bits per heavy atom. The smallest absolute Gasteiger partial charge is 0.285 e. The third kappa shape index (κ3) is 3.21. The molecule has 0 fully saturated rings. The Bertz CT molecular complexity index is 969. The zero-order valence-electron chi connectivity index (χ0n) is 10.5. The van der Waals surface area contributed by atoms with E-state index in [2.05, 4.69) is 0 Å². The first-order chi connectivity index (χ1) is 9.82. The quantitative estimate of drug-likeness (QED) is 0.633. The summed E-state index contributed by atoms with van der Waals surface area (Å²) < 4.78 is 95.1. The van der Waals surface area contributed by atoms with Crippen molar-refractivity contribution < 1.29 is 38.9 Å². The molecule has 1 aromatic carbocycles. The van der Waals surface area contributed by atoms with Gasteiger partial charge in [-0.05, 0) is 23.3 Å². The van der Waals surface area contributed by atoms with Crippen molar-refractivity contribution in [1.82, 2.24) is 0 Å². The Kier molecular flexibility index (Phi) is 3.96. The molecule has 0 aliphatic heterocycles. The fraction of sp³-hybridized carbons (Fsp3) is 0.100. The first kappa shape index (κ1) is 17.1. The maximum Gasteiger partial charge on any atom is 0.294 e. The van der Waals surface area contributed by atoms with Crippen LogP contribution in [0.4, 0.5) is 0 Å². The van der Waals surface area contributed by atoms with Gasteiger partial charge in [0.25, 0.3) is 30.4 Å². The molecule has 0 amide bonds. The lowest BCUT2D eigenvalue weighted by Crippen LogP contribution is -2.18. The second-order valence-corrected chi connectivity index (χ2v) is 8.71. The molecule has 1 radical (unpaired) electrons. The fourth-order valence-electron chi connectivity index (χ4n) is 2.01. The van der Waals surface area contributed by atoms with E-state index in [0.717, 1.165) is 18.6 Å². The minimum Gasteiger partial charge on any atom is -0.285 e. The van der Waals surface area contributed by atoms with Crippen LogP contribution in [0.15, 0.2) is 34.1 Å². The molecular weight excluding hydrogens is 360 g/mol. The third-order valence-corrected chi connectivity index (χ3v) is 5.68. The summed E-state index contributed by atoms with van der Waals surface area (Å²) in [6.07, 6.45) is 3.23. The molecule has 2 rings (SSSR count). The first-order valence-corrected chi connectivity index (χ1v) is 9.81. The van der Waals surface area contributed by atoms with E-state index < -0.39 is 51.0 Å². The van der Waals surface area contributed by atoms with Crippen LogP contribution in [-0.4, -0.2) is 38.9 Å². The Labute approximate surface area is 126 Å². The molecule has 0 bridgehead atoms. The molecule has 1 aliphatic carbocycles. The molecule has 1 atom stereocenters. The molecular formula is C10H9O9S3. The van der Waals surface area contributed by atoms with E-state index in [4.69, 9.17) is 13.7 Å². The third-order valence-electron chi connectivity index (χ3n) is 2.90. The molecule has 3 N–H and O–H groups in total. The van der Waals surface area contributed by atoms with Crippen molar-refractivity contribution in [1.29, 1.82) is 0 Å². The number of fused-ring (bicyclic) bond motifs is 1. The van der Waals surface area contributed by atoms with Gasteiger partial charge in [0, 0.05) is 6.42 Å². The number of rotatable bonds is 3. The predicted molar refractivity (Wildman–Crippen MR) is 72.9 cm³/mol. The van der Waals surface area contributed by atoms with E-state index in [1.807, 2.05) is 0 Å². The Morgan fingerprint density at radius 1 is 0.864 bits per heavy atom. The van der Waals surface area contributed by atoms with Crippen LogP contribution in [0.5, 0.6) is 0 Å². The van der Waals surface area contributed by atoms with Gasteiger partial charge in [-0.2, -0.15) is 25.3 Å². The normalized spacial score (nSPS) is 19.0. The highest BCUT2D eigenvalue weighted by atomic mass is 32.2. The van der Waals surface area contributed by atoms with E-state index in [0.29, 0.717) is 12.1 Å². The van der Waals surface area contributed by atoms with Crippen molar-refractivity contribution in [2.24, 2.45) is 0 Å². The van der Waals surface area contributed by atoms with Gasteiger partial charge in [-0.3, -0.25) is 13.7 Å². The van der Waals surface area contributed by atoms with Crippen LogP contribution in [0.2, 0.25) is 0 Å². The van der Waals surface area contributed by atoms with Gasteiger partial charge in [0.05, 0.1) is 9.79 Å². The van der Waals surface area contributed by atoms with Gasteiger partial charge >= 0.3 is 0 Å². The highest BCUT2D eigenvalue weighted by molar-refractivity contribution is 7.87. The monoisotopic (exact) mass is 369 g/mol. The van der Waals surface area contributed by atoms with Crippen molar-refractivity contribution in [3.8, 4) is 0 Å². The molecule has 0 saturated carbocycles. The van der Waals surface area contributed by atoms with Gasteiger partial charge in [-0.1, -0.05) is 12.2 Å². The first-order valence-electron chi connectivity index (χ1n) is 5.42. The van der Waals surface area contributed by atoms with Gasteiger partial charge in [0.2, 0.25) is 0 Å². The maximum absolute atomic E-state index is 11.4. The van der Waals surface area contributed by atoms with Crippen molar-refractivity contribution >= 4 is 30.4 Å². The standard InChI is InChI=1S/C10H9O9S3/c11-20(12,13)6-4-8-7(10(5-6)22(17,18)19)2-1-3-9(8)21(14,15)16/h1-5,9H,(H,11,12,13)(H,14,15,16)(H,17,18,19). The number of benzene rings is 1. The maximum atomic E-state index is 11.4. The van der Waals surface area contributed by atoms with Crippen molar-refractivity contribution in [2.75, 3.05) is 0 Å².